The molecular formula is C21H19ClN2O7S. The smallest absolute Gasteiger partial charge is 0.311 e. The van der Waals surface area contributed by atoms with Crippen molar-refractivity contribution in [2.75, 3.05) is 31.7 Å². The Labute approximate surface area is 189 Å². The predicted molar refractivity (Wildman–Crippen MR) is 114 cm³/mol. The Kier molecular flexibility index (Phi) is 5.83. The third kappa shape index (κ3) is 3.80. The highest BCUT2D eigenvalue weighted by molar-refractivity contribution is 7.90. The number of benzene rings is 2. The molecule has 168 valence electrons. The van der Waals surface area contributed by atoms with Crippen molar-refractivity contribution in [3.05, 3.63) is 53.1 Å². The zero-order chi connectivity index (χ0) is 23.0. The van der Waals surface area contributed by atoms with E-state index >= 15 is 0 Å². The molecule has 0 unspecified atom stereocenters. The molecule has 9 nitrogen and oxygen atoms in total. The van der Waals surface area contributed by atoms with Gasteiger partial charge in [0.1, 0.15) is 17.3 Å². The lowest BCUT2D eigenvalue weighted by Crippen LogP contribution is -2.34. The third-order valence-electron chi connectivity index (χ3n) is 5.34. The zero-order valence-corrected chi connectivity index (χ0v) is 18.6. The summed E-state index contributed by atoms with van der Waals surface area (Å²) in [7, 11) is -2.51. The van der Waals surface area contributed by atoms with E-state index in [0.717, 1.165) is 0 Å². The summed E-state index contributed by atoms with van der Waals surface area (Å²) in [6.45, 7) is -0.558. The number of carbonyl (C=O) groups is 3. The topological polar surface area (TPSA) is 110 Å². The highest BCUT2D eigenvalue weighted by atomic mass is 35.5. The summed E-state index contributed by atoms with van der Waals surface area (Å²) in [5.41, 5.74) is 0.540. The van der Waals surface area contributed by atoms with Crippen molar-refractivity contribution in [1.82, 2.24) is 4.31 Å². The monoisotopic (exact) mass is 478 g/mol. The predicted octanol–water partition coefficient (Wildman–Crippen LogP) is 2.09. The number of methoxy groups -OCH3 is 1. The minimum Gasteiger partial charge on any atom is -0.495 e. The molecule has 4 rings (SSSR count). The van der Waals surface area contributed by atoms with E-state index in [2.05, 4.69) is 0 Å². The van der Waals surface area contributed by atoms with Gasteiger partial charge in [0, 0.05) is 18.0 Å². The largest absolute Gasteiger partial charge is 0.495 e. The van der Waals surface area contributed by atoms with Gasteiger partial charge in [-0.1, -0.05) is 23.7 Å². The third-order valence-corrected chi connectivity index (χ3v) is 7.42. The summed E-state index contributed by atoms with van der Waals surface area (Å²) in [6.07, 6.45) is -0.0686. The van der Waals surface area contributed by atoms with E-state index < -0.39 is 27.8 Å². The number of sulfonamides is 1. The van der Waals surface area contributed by atoms with Crippen LogP contribution in [0.5, 0.6) is 5.75 Å². The minimum absolute atomic E-state index is 0.0659. The van der Waals surface area contributed by atoms with Crippen LogP contribution in [0.25, 0.3) is 0 Å². The summed E-state index contributed by atoms with van der Waals surface area (Å²) in [6, 6.07) is 10.7. The summed E-state index contributed by atoms with van der Waals surface area (Å²) in [4.78, 5) is 38.8. The molecule has 2 aromatic carbocycles. The second-order valence-electron chi connectivity index (χ2n) is 7.27. The molecule has 0 aromatic heterocycles. The van der Waals surface area contributed by atoms with Gasteiger partial charge in [-0.3, -0.25) is 14.4 Å². The number of halogens is 1. The number of ether oxygens (including phenoxy) is 2. The molecule has 1 atom stereocenters. The Balaban J connectivity index is 1.38. The number of rotatable bonds is 6. The fourth-order valence-electron chi connectivity index (χ4n) is 3.77. The average Bonchev–Trinajstić information content (AvgIpc) is 3.25. The van der Waals surface area contributed by atoms with E-state index in [9.17, 15) is 22.8 Å². The van der Waals surface area contributed by atoms with Crippen molar-refractivity contribution < 1.29 is 32.3 Å². The van der Waals surface area contributed by atoms with Gasteiger partial charge in [-0.05, 0) is 30.3 Å². The van der Waals surface area contributed by atoms with Gasteiger partial charge in [0.05, 0.1) is 30.8 Å². The number of amides is 2. The maximum atomic E-state index is 12.5. The van der Waals surface area contributed by atoms with Crippen molar-refractivity contribution in [2.45, 2.75) is 11.3 Å². The van der Waals surface area contributed by atoms with E-state index in [4.69, 9.17) is 21.1 Å². The summed E-state index contributed by atoms with van der Waals surface area (Å²) < 4.78 is 36.3. The first-order chi connectivity index (χ1) is 15.2. The number of esters is 1. The fraction of sp³-hybridized carbons (Fsp3) is 0.286. The number of fused-ring (bicyclic) bond motifs is 1. The van der Waals surface area contributed by atoms with E-state index in [0.29, 0.717) is 20.8 Å². The van der Waals surface area contributed by atoms with E-state index in [1.807, 2.05) is 0 Å². The molecule has 0 spiro atoms. The molecule has 2 amide bonds. The summed E-state index contributed by atoms with van der Waals surface area (Å²) >= 11 is 6.03. The molecule has 2 aromatic rings. The Morgan fingerprint density at radius 2 is 1.94 bits per heavy atom. The molecule has 1 fully saturated rings. The summed E-state index contributed by atoms with van der Waals surface area (Å²) in [5.74, 6) is -1.90. The van der Waals surface area contributed by atoms with Crippen LogP contribution in [-0.4, -0.2) is 57.3 Å². The van der Waals surface area contributed by atoms with Crippen LogP contribution in [0.1, 0.15) is 16.8 Å². The lowest BCUT2D eigenvalue weighted by Gasteiger charge is -2.20. The van der Waals surface area contributed by atoms with Gasteiger partial charge in [0.25, 0.3) is 15.9 Å². The Morgan fingerprint density at radius 1 is 1.19 bits per heavy atom. The Bertz CT molecular complexity index is 1210. The molecule has 0 aliphatic carbocycles. The van der Waals surface area contributed by atoms with Crippen LogP contribution >= 0.6 is 11.6 Å². The maximum absolute atomic E-state index is 12.5. The SMILES string of the molecule is COc1ccc(Cl)cc1N1C[C@@H](C(=O)OCCN2C(=O)c3ccccc3S2(=O)=O)CC1=O. The molecule has 0 radical (unpaired) electrons. The normalized spacial score (nSPS) is 19.2. The van der Waals surface area contributed by atoms with Crippen LogP contribution in [0.15, 0.2) is 47.4 Å². The van der Waals surface area contributed by atoms with Crippen LogP contribution in [0.2, 0.25) is 5.02 Å². The lowest BCUT2D eigenvalue weighted by atomic mass is 10.1. The molecule has 0 saturated carbocycles. The van der Waals surface area contributed by atoms with Gasteiger partial charge in [0.15, 0.2) is 0 Å². The second-order valence-corrected chi connectivity index (χ2v) is 9.53. The van der Waals surface area contributed by atoms with Crippen molar-refractivity contribution in [3.63, 3.8) is 0 Å². The van der Waals surface area contributed by atoms with Crippen molar-refractivity contribution in [2.24, 2.45) is 5.92 Å². The summed E-state index contributed by atoms with van der Waals surface area (Å²) in [5, 5.41) is 0.414. The molecule has 0 N–H and O–H groups in total. The van der Waals surface area contributed by atoms with Crippen molar-refractivity contribution in [1.29, 1.82) is 0 Å². The van der Waals surface area contributed by atoms with Crippen LogP contribution < -0.4 is 9.64 Å². The van der Waals surface area contributed by atoms with Crippen LogP contribution in [0, 0.1) is 5.92 Å². The molecular weight excluding hydrogens is 460 g/mol. The highest BCUT2D eigenvalue weighted by Crippen LogP contribution is 2.35. The lowest BCUT2D eigenvalue weighted by molar-refractivity contribution is -0.148. The first-order valence-corrected chi connectivity index (χ1v) is 11.5. The second kappa shape index (κ2) is 8.44. The number of hydrogen-bond donors (Lipinski definition) is 0. The van der Waals surface area contributed by atoms with Gasteiger partial charge < -0.3 is 14.4 Å². The zero-order valence-electron chi connectivity index (χ0n) is 17.0. The van der Waals surface area contributed by atoms with E-state index in [1.54, 1.807) is 24.3 Å². The van der Waals surface area contributed by atoms with Crippen LogP contribution in [-0.2, 0) is 24.3 Å². The molecule has 2 heterocycles. The number of anilines is 1. The number of carbonyl (C=O) groups excluding carboxylic acids is 3. The van der Waals surface area contributed by atoms with Gasteiger partial charge in [-0.15, -0.1) is 0 Å². The van der Waals surface area contributed by atoms with Gasteiger partial charge in [-0.25, -0.2) is 12.7 Å². The van der Waals surface area contributed by atoms with Gasteiger partial charge in [0.2, 0.25) is 5.91 Å². The van der Waals surface area contributed by atoms with E-state index in [1.165, 1.54) is 30.2 Å². The first-order valence-electron chi connectivity index (χ1n) is 9.70. The van der Waals surface area contributed by atoms with Gasteiger partial charge >= 0.3 is 5.97 Å². The number of hydrogen-bond acceptors (Lipinski definition) is 7. The maximum Gasteiger partial charge on any atom is 0.311 e. The Hall–Kier alpha value is -3.11. The van der Waals surface area contributed by atoms with E-state index in [-0.39, 0.29) is 42.5 Å². The molecule has 1 saturated heterocycles. The molecule has 32 heavy (non-hydrogen) atoms. The minimum atomic E-state index is -3.97. The van der Waals surface area contributed by atoms with Crippen molar-refractivity contribution in [3.8, 4) is 5.75 Å². The Morgan fingerprint density at radius 3 is 2.66 bits per heavy atom. The van der Waals surface area contributed by atoms with Crippen LogP contribution in [0.4, 0.5) is 5.69 Å². The highest BCUT2D eigenvalue weighted by Gasteiger charge is 2.41. The molecule has 0 bridgehead atoms. The van der Waals surface area contributed by atoms with Crippen molar-refractivity contribution >= 4 is 45.1 Å². The molecule has 2 aliphatic heterocycles. The average molecular weight is 479 g/mol. The molecule has 11 heteroatoms. The number of nitrogens with zero attached hydrogens (tertiary/aromatic N) is 2. The fourth-order valence-corrected chi connectivity index (χ4v) is 5.49. The van der Waals surface area contributed by atoms with Crippen LogP contribution in [0.3, 0.4) is 0 Å². The standard InChI is InChI=1S/C21H19ClN2O7S/c1-30-17-7-6-14(22)11-16(17)23-12-13(10-19(23)25)21(27)31-9-8-24-20(26)15-4-2-3-5-18(15)32(24,28)29/h2-7,11,13H,8-10,12H2,1H3/t13-/m0/s1. The quantitative estimate of drug-likeness (QED) is 0.584. The first kappa shape index (κ1) is 22.1. The molecule has 2 aliphatic rings. The van der Waals surface area contributed by atoms with Gasteiger partial charge in [-0.2, -0.15) is 0 Å².